The van der Waals surface area contributed by atoms with Gasteiger partial charge in [-0.15, -0.1) is 0 Å². The molecule has 1 unspecified atom stereocenters. The van der Waals surface area contributed by atoms with Crippen LogP contribution in [0.4, 0.5) is 11.4 Å². The van der Waals surface area contributed by atoms with Crippen molar-refractivity contribution in [3.8, 4) is 11.1 Å². The van der Waals surface area contributed by atoms with Crippen molar-refractivity contribution in [3.63, 3.8) is 0 Å². The zero-order valence-electron chi connectivity index (χ0n) is 37.4. The van der Waals surface area contributed by atoms with Crippen LogP contribution in [0.1, 0.15) is 79.6 Å². The van der Waals surface area contributed by atoms with E-state index in [1.165, 1.54) is 66.8 Å². The molecule has 9 aromatic carbocycles. The number of hydrazone groups is 2. The normalized spacial score (nSPS) is 16.2. The number of hydrogen-bond acceptors (Lipinski definition) is 4. The molecule has 0 saturated carbocycles. The van der Waals surface area contributed by atoms with Gasteiger partial charge >= 0.3 is 0 Å². The molecule has 0 heterocycles. The lowest BCUT2D eigenvalue weighted by Gasteiger charge is -2.50. The smallest absolute Gasteiger partial charge is 0.0977 e. The fourth-order valence-electron chi connectivity index (χ4n) is 12.0. The Hall–Kier alpha value is -8.60. The molecule has 4 nitrogen and oxygen atoms in total. The standard InChI is InChI=1S/C64H46N4/c1-5-21-43(22-6-1)61(44-23-7-2-8-24-44)67-65-47-37-39-57-59(41-47)63(53-33-17-13-29-49(53)50-30-14-18-34-54(50)63)58-40-38-48(66-68-62(45-25-9-3-10-26-45)46-27-11-4-12-28-46)42-60(58)64(57)55-35-19-15-31-51(55)52-32-16-20-36-56(52)64/h1-19,21-35,37-42,65-66H,20,36H2. The summed E-state index contributed by atoms with van der Waals surface area (Å²) in [6.07, 6.45) is 6.66. The highest BCUT2D eigenvalue weighted by Crippen LogP contribution is 2.68. The van der Waals surface area contributed by atoms with Gasteiger partial charge < -0.3 is 0 Å². The Bertz CT molecular complexity index is 3420. The molecule has 68 heavy (non-hydrogen) atoms. The summed E-state index contributed by atoms with van der Waals surface area (Å²) < 4.78 is 0. The monoisotopic (exact) mass is 870 g/mol. The van der Waals surface area contributed by atoms with Gasteiger partial charge in [0.1, 0.15) is 0 Å². The predicted molar refractivity (Wildman–Crippen MR) is 280 cm³/mol. The van der Waals surface area contributed by atoms with Gasteiger partial charge in [-0.25, -0.2) is 0 Å². The zero-order chi connectivity index (χ0) is 45.1. The van der Waals surface area contributed by atoms with E-state index in [4.69, 9.17) is 10.2 Å². The molecule has 322 valence electrons. The Morgan fingerprint density at radius 3 is 1.21 bits per heavy atom. The third kappa shape index (κ3) is 5.93. The quantitative estimate of drug-likeness (QED) is 0.118. The number of anilines is 2. The van der Waals surface area contributed by atoms with E-state index in [1.54, 1.807) is 0 Å². The van der Waals surface area contributed by atoms with Crippen molar-refractivity contribution in [2.45, 2.75) is 23.7 Å². The summed E-state index contributed by atoms with van der Waals surface area (Å²) in [4.78, 5) is 0. The topological polar surface area (TPSA) is 48.8 Å². The number of benzene rings is 9. The minimum absolute atomic E-state index is 0.594. The van der Waals surface area contributed by atoms with Crippen LogP contribution < -0.4 is 10.9 Å². The van der Waals surface area contributed by atoms with E-state index in [0.717, 1.165) is 57.9 Å². The predicted octanol–water partition coefficient (Wildman–Crippen LogP) is 14.5. The van der Waals surface area contributed by atoms with E-state index in [-0.39, 0.29) is 0 Å². The van der Waals surface area contributed by atoms with Crippen LogP contribution in [-0.4, -0.2) is 11.4 Å². The maximum absolute atomic E-state index is 5.24. The summed E-state index contributed by atoms with van der Waals surface area (Å²) in [5, 5.41) is 10.5. The number of hydrogen-bond donors (Lipinski definition) is 2. The lowest BCUT2D eigenvalue weighted by molar-refractivity contribution is 0.606. The van der Waals surface area contributed by atoms with E-state index in [0.29, 0.717) is 0 Å². The van der Waals surface area contributed by atoms with Gasteiger partial charge in [0.2, 0.25) is 0 Å². The Balaban J connectivity index is 1.09. The number of nitrogens with one attached hydrogen (secondary N) is 2. The lowest BCUT2D eigenvalue weighted by atomic mass is 9.51. The van der Waals surface area contributed by atoms with Crippen molar-refractivity contribution in [2.24, 2.45) is 10.2 Å². The molecule has 0 fully saturated rings. The molecule has 4 aliphatic carbocycles. The van der Waals surface area contributed by atoms with Crippen molar-refractivity contribution < 1.29 is 0 Å². The number of allylic oxidation sites excluding steroid dienone is 4. The average molecular weight is 871 g/mol. The minimum atomic E-state index is -0.657. The maximum atomic E-state index is 5.24. The third-order valence-corrected chi connectivity index (χ3v) is 14.6. The van der Waals surface area contributed by atoms with Crippen LogP contribution in [0.15, 0.2) is 258 Å². The second-order valence-corrected chi connectivity index (χ2v) is 18.1. The summed E-state index contributed by atoms with van der Waals surface area (Å²) in [6.45, 7) is 0. The molecule has 0 saturated heterocycles. The average Bonchev–Trinajstić information content (AvgIpc) is 3.88. The number of rotatable bonds is 8. The molecule has 0 bridgehead atoms. The summed E-state index contributed by atoms with van der Waals surface area (Å²) >= 11 is 0. The van der Waals surface area contributed by atoms with Gasteiger partial charge in [-0.05, 0) is 104 Å². The molecule has 0 radical (unpaired) electrons. The first-order valence-electron chi connectivity index (χ1n) is 23.6. The molecule has 4 heteroatoms. The van der Waals surface area contributed by atoms with Crippen molar-refractivity contribution in [1.29, 1.82) is 0 Å². The Kier molecular flexibility index (Phi) is 9.40. The fourth-order valence-corrected chi connectivity index (χ4v) is 12.0. The molecule has 2 N–H and O–H groups in total. The van der Waals surface area contributed by atoms with E-state index in [9.17, 15) is 0 Å². The summed E-state index contributed by atoms with van der Waals surface area (Å²) in [5.74, 6) is 0. The molecule has 0 amide bonds. The van der Waals surface area contributed by atoms with Crippen LogP contribution in [0, 0.1) is 0 Å². The molecule has 2 spiro atoms. The number of fused-ring (bicyclic) bond motifs is 15. The van der Waals surface area contributed by atoms with E-state index < -0.39 is 10.8 Å². The Morgan fingerprint density at radius 2 is 0.735 bits per heavy atom. The van der Waals surface area contributed by atoms with Gasteiger partial charge in [0.25, 0.3) is 0 Å². The highest BCUT2D eigenvalue weighted by atomic mass is 15.3. The van der Waals surface area contributed by atoms with E-state index in [2.05, 4.69) is 254 Å². The van der Waals surface area contributed by atoms with Gasteiger partial charge in [0.15, 0.2) is 0 Å². The highest BCUT2D eigenvalue weighted by molar-refractivity contribution is 6.14. The van der Waals surface area contributed by atoms with Crippen LogP contribution in [0.5, 0.6) is 0 Å². The summed E-state index contributed by atoms with van der Waals surface area (Å²) in [5.41, 5.74) is 29.4. The third-order valence-electron chi connectivity index (χ3n) is 14.6. The van der Waals surface area contributed by atoms with Crippen LogP contribution in [-0.2, 0) is 10.8 Å². The van der Waals surface area contributed by atoms with Gasteiger partial charge in [-0.1, -0.05) is 218 Å². The van der Waals surface area contributed by atoms with Crippen LogP contribution in [0.3, 0.4) is 0 Å². The first-order chi connectivity index (χ1) is 33.7. The van der Waals surface area contributed by atoms with Crippen LogP contribution >= 0.6 is 0 Å². The molecule has 9 aromatic rings. The van der Waals surface area contributed by atoms with Crippen molar-refractivity contribution >= 4 is 28.4 Å². The summed E-state index contributed by atoms with van der Waals surface area (Å²) in [6, 6.07) is 83.3. The lowest BCUT2D eigenvalue weighted by Crippen LogP contribution is -2.44. The number of nitrogens with zero attached hydrogens (tertiary/aromatic N) is 2. The highest BCUT2D eigenvalue weighted by Gasteiger charge is 2.59. The van der Waals surface area contributed by atoms with E-state index >= 15 is 0 Å². The van der Waals surface area contributed by atoms with Crippen molar-refractivity contribution in [2.75, 3.05) is 10.9 Å². The van der Waals surface area contributed by atoms with Gasteiger partial charge in [-0.2, -0.15) is 10.2 Å². The molecule has 4 aliphatic rings. The molecular formula is C64H46N4. The molecule has 13 rings (SSSR count). The Labute approximate surface area is 397 Å². The molecular weight excluding hydrogens is 825 g/mol. The largest absolute Gasteiger partial charge is 0.278 e. The van der Waals surface area contributed by atoms with Gasteiger partial charge in [-0.3, -0.25) is 10.9 Å². The Morgan fingerprint density at radius 1 is 0.353 bits per heavy atom. The molecule has 1 atom stereocenters. The van der Waals surface area contributed by atoms with Gasteiger partial charge in [0.05, 0.1) is 33.6 Å². The zero-order valence-corrected chi connectivity index (χ0v) is 37.4. The minimum Gasteiger partial charge on any atom is -0.278 e. The second-order valence-electron chi connectivity index (χ2n) is 18.1. The first-order valence-corrected chi connectivity index (χ1v) is 23.6. The maximum Gasteiger partial charge on any atom is 0.0977 e. The van der Waals surface area contributed by atoms with E-state index in [1.807, 2.05) is 0 Å². The van der Waals surface area contributed by atoms with Crippen molar-refractivity contribution in [3.05, 3.63) is 315 Å². The second kappa shape index (κ2) is 16.1. The van der Waals surface area contributed by atoms with Gasteiger partial charge in [0, 0.05) is 22.3 Å². The van der Waals surface area contributed by atoms with Crippen molar-refractivity contribution in [1.82, 2.24) is 0 Å². The first kappa shape index (κ1) is 39.7. The summed E-state index contributed by atoms with van der Waals surface area (Å²) in [7, 11) is 0. The SMILES string of the molecule is C1=CC2=C(CC1)C1(c3ccccc32)c2cc(NN=C(c3ccccc3)c3ccccc3)ccc2C2(c3ccccc3-c3ccccc32)c2cc(NN=C(c3ccccc3)c3ccccc3)ccc21. The fraction of sp³-hybridized carbons (Fsp3) is 0.0625. The molecule has 0 aliphatic heterocycles. The molecule has 0 aromatic heterocycles. The van der Waals surface area contributed by atoms with Crippen LogP contribution in [0.2, 0.25) is 0 Å². The van der Waals surface area contributed by atoms with Crippen LogP contribution in [0.25, 0.3) is 16.7 Å².